The molecule has 0 aliphatic heterocycles. The van der Waals surface area contributed by atoms with Gasteiger partial charge in [-0.25, -0.2) is 4.98 Å². The van der Waals surface area contributed by atoms with E-state index in [1.54, 1.807) is 12.3 Å². The molecule has 0 bridgehead atoms. The second-order valence-electron chi connectivity index (χ2n) is 8.19. The molecule has 0 saturated heterocycles. The van der Waals surface area contributed by atoms with Gasteiger partial charge in [-0.2, -0.15) is 0 Å². The van der Waals surface area contributed by atoms with Crippen molar-refractivity contribution in [1.29, 1.82) is 0 Å². The van der Waals surface area contributed by atoms with E-state index in [1.807, 2.05) is 48.5 Å². The van der Waals surface area contributed by atoms with Gasteiger partial charge in [-0.05, 0) is 42.3 Å². The van der Waals surface area contributed by atoms with E-state index in [-0.39, 0.29) is 17.6 Å². The first kappa shape index (κ1) is 24.9. The van der Waals surface area contributed by atoms with Crippen LogP contribution in [0, 0.1) is 0 Å². The molecule has 2 aromatic carbocycles. The van der Waals surface area contributed by atoms with Crippen molar-refractivity contribution in [2.45, 2.75) is 32.5 Å². The average molecular weight is 509 g/mol. The summed E-state index contributed by atoms with van der Waals surface area (Å²) in [6.07, 6.45) is 3.78. The third-order valence-electron chi connectivity index (χ3n) is 5.71. The lowest BCUT2D eigenvalue weighted by atomic mass is 10.1. The van der Waals surface area contributed by atoms with Crippen molar-refractivity contribution in [2.24, 2.45) is 0 Å². The highest BCUT2D eigenvalue weighted by Crippen LogP contribution is 2.27. The molecule has 4 rings (SSSR count). The van der Waals surface area contributed by atoms with E-state index in [4.69, 9.17) is 27.6 Å². The Morgan fingerprint density at radius 1 is 1.03 bits per heavy atom. The van der Waals surface area contributed by atoms with Crippen LogP contribution in [0.25, 0.3) is 0 Å². The predicted octanol–water partition coefficient (Wildman–Crippen LogP) is 6.11. The van der Waals surface area contributed by atoms with E-state index < -0.39 is 0 Å². The number of carbonyl (C=O) groups excluding carboxylic acids is 1. The number of hydrogen-bond acceptors (Lipinski definition) is 5. The quantitative estimate of drug-likeness (QED) is 0.279. The fourth-order valence-electron chi connectivity index (χ4n) is 3.75. The summed E-state index contributed by atoms with van der Waals surface area (Å²) >= 11 is 12.3. The zero-order chi connectivity index (χ0) is 24.6. The van der Waals surface area contributed by atoms with Crippen LogP contribution in [0.2, 0.25) is 10.0 Å². The second kappa shape index (κ2) is 12.0. The van der Waals surface area contributed by atoms with Crippen LogP contribution >= 0.6 is 23.2 Å². The molecule has 0 saturated carbocycles. The molecule has 8 heteroatoms. The summed E-state index contributed by atoms with van der Waals surface area (Å²) < 4.78 is 5.67. The van der Waals surface area contributed by atoms with Crippen LogP contribution in [-0.2, 0) is 19.5 Å². The maximum absolute atomic E-state index is 12.6. The zero-order valence-corrected chi connectivity index (χ0v) is 20.8. The fourth-order valence-corrected chi connectivity index (χ4v) is 4.07. The van der Waals surface area contributed by atoms with E-state index >= 15 is 0 Å². The summed E-state index contributed by atoms with van der Waals surface area (Å²) in [4.78, 5) is 23.5. The summed E-state index contributed by atoms with van der Waals surface area (Å²) in [6, 6.07) is 21.6. The molecule has 2 heterocycles. The molecule has 180 valence electrons. The van der Waals surface area contributed by atoms with E-state index in [1.165, 1.54) is 6.26 Å². The number of benzene rings is 2. The van der Waals surface area contributed by atoms with Crippen LogP contribution in [0.3, 0.4) is 0 Å². The molecule has 0 radical (unpaired) electrons. The number of amides is 1. The molecule has 6 nitrogen and oxygen atoms in total. The third-order valence-corrected chi connectivity index (χ3v) is 6.45. The Bertz CT molecular complexity index is 1250. The first-order valence-corrected chi connectivity index (χ1v) is 12.1. The van der Waals surface area contributed by atoms with E-state index in [0.717, 1.165) is 16.8 Å². The van der Waals surface area contributed by atoms with Crippen LogP contribution in [0.4, 0.5) is 0 Å². The molecule has 1 atom stereocenters. The minimum atomic E-state index is -0.275. The van der Waals surface area contributed by atoms with Crippen molar-refractivity contribution in [2.75, 3.05) is 6.54 Å². The number of halogens is 2. The summed E-state index contributed by atoms with van der Waals surface area (Å²) in [5.41, 5.74) is 3.34. The van der Waals surface area contributed by atoms with Crippen molar-refractivity contribution in [3.8, 4) is 0 Å². The summed E-state index contributed by atoms with van der Waals surface area (Å²) in [5.74, 6) is 0.186. The van der Waals surface area contributed by atoms with Gasteiger partial charge in [0.2, 0.25) is 5.89 Å². The first-order valence-electron chi connectivity index (χ1n) is 11.3. The maximum atomic E-state index is 12.6. The SMILES string of the molecule is C[C@H](c1ccccc1)N(Cc1ccc(Cl)c(Cl)c1)Cc1nc(C(=O)NCCc2ccccn2)co1. The first-order chi connectivity index (χ1) is 17.0. The number of hydrogen-bond donors (Lipinski definition) is 1. The predicted molar refractivity (Wildman–Crippen MR) is 137 cm³/mol. The molecule has 4 aromatic rings. The van der Waals surface area contributed by atoms with E-state index in [0.29, 0.717) is 42.0 Å². The average Bonchev–Trinajstić information content (AvgIpc) is 3.35. The molecule has 0 spiro atoms. The number of oxazole rings is 1. The van der Waals surface area contributed by atoms with Gasteiger partial charge in [0.1, 0.15) is 6.26 Å². The largest absolute Gasteiger partial charge is 0.447 e. The van der Waals surface area contributed by atoms with Crippen molar-refractivity contribution >= 4 is 29.1 Å². The van der Waals surface area contributed by atoms with Gasteiger partial charge in [0.25, 0.3) is 5.91 Å². The Kier molecular flexibility index (Phi) is 8.53. The van der Waals surface area contributed by atoms with Crippen molar-refractivity contribution < 1.29 is 9.21 Å². The van der Waals surface area contributed by atoms with Gasteiger partial charge in [-0.1, -0.05) is 65.7 Å². The summed E-state index contributed by atoms with van der Waals surface area (Å²) in [7, 11) is 0. The highest BCUT2D eigenvalue weighted by molar-refractivity contribution is 6.42. The number of aromatic nitrogens is 2. The van der Waals surface area contributed by atoms with Crippen molar-refractivity contribution in [3.05, 3.63) is 118 Å². The van der Waals surface area contributed by atoms with Crippen LogP contribution in [-0.4, -0.2) is 27.3 Å². The molecule has 0 unspecified atom stereocenters. The topological polar surface area (TPSA) is 71.3 Å². The van der Waals surface area contributed by atoms with E-state index in [9.17, 15) is 4.79 Å². The lowest BCUT2D eigenvalue weighted by molar-refractivity contribution is 0.0949. The van der Waals surface area contributed by atoms with Crippen molar-refractivity contribution in [1.82, 2.24) is 20.2 Å². The van der Waals surface area contributed by atoms with Crippen LogP contribution in [0.1, 0.15) is 46.2 Å². The van der Waals surface area contributed by atoms with Gasteiger partial charge in [-0.3, -0.25) is 14.7 Å². The maximum Gasteiger partial charge on any atom is 0.273 e. The van der Waals surface area contributed by atoms with Gasteiger partial charge in [0.15, 0.2) is 5.69 Å². The molecule has 1 N–H and O–H groups in total. The van der Waals surface area contributed by atoms with Crippen molar-refractivity contribution in [3.63, 3.8) is 0 Å². The molecule has 1 amide bonds. The minimum Gasteiger partial charge on any atom is -0.447 e. The zero-order valence-electron chi connectivity index (χ0n) is 19.3. The van der Waals surface area contributed by atoms with Gasteiger partial charge in [-0.15, -0.1) is 0 Å². The number of nitrogens with zero attached hydrogens (tertiary/aromatic N) is 3. The Morgan fingerprint density at radius 3 is 2.57 bits per heavy atom. The summed E-state index contributed by atoms with van der Waals surface area (Å²) in [6.45, 7) is 3.60. The summed E-state index contributed by atoms with van der Waals surface area (Å²) in [5, 5.41) is 3.90. The van der Waals surface area contributed by atoms with E-state index in [2.05, 4.69) is 39.2 Å². The van der Waals surface area contributed by atoms with Gasteiger partial charge in [0, 0.05) is 37.4 Å². The Hall–Kier alpha value is -3.19. The monoisotopic (exact) mass is 508 g/mol. The molecule has 35 heavy (non-hydrogen) atoms. The molecule has 0 fully saturated rings. The standard InChI is InChI=1S/C27H26Cl2N4O2/c1-19(21-7-3-2-4-8-21)33(16-20-10-11-23(28)24(29)15-20)17-26-32-25(18-35-26)27(34)31-14-12-22-9-5-6-13-30-22/h2-11,13,15,18-19H,12,14,16-17H2,1H3,(H,31,34)/t19-/m1/s1. The Balaban J connectivity index is 1.44. The lowest BCUT2D eigenvalue weighted by Crippen LogP contribution is -2.27. The number of rotatable bonds is 10. The van der Waals surface area contributed by atoms with Gasteiger partial charge < -0.3 is 9.73 Å². The fraction of sp³-hybridized carbons (Fsp3) is 0.222. The second-order valence-corrected chi connectivity index (χ2v) is 9.01. The number of pyridine rings is 1. The number of nitrogens with one attached hydrogen (secondary N) is 1. The normalized spacial score (nSPS) is 12.0. The highest BCUT2D eigenvalue weighted by Gasteiger charge is 2.21. The molecule has 2 aromatic heterocycles. The molecule has 0 aliphatic rings. The third kappa shape index (κ3) is 6.92. The molecule has 0 aliphatic carbocycles. The Labute approximate surface area is 214 Å². The van der Waals surface area contributed by atoms with Crippen LogP contribution < -0.4 is 5.32 Å². The van der Waals surface area contributed by atoms with Gasteiger partial charge >= 0.3 is 0 Å². The minimum absolute atomic E-state index is 0.0632. The molecular weight excluding hydrogens is 483 g/mol. The lowest BCUT2D eigenvalue weighted by Gasteiger charge is -2.28. The highest BCUT2D eigenvalue weighted by atomic mass is 35.5. The smallest absolute Gasteiger partial charge is 0.273 e. The van der Waals surface area contributed by atoms with Crippen LogP contribution in [0.5, 0.6) is 0 Å². The molecular formula is C27H26Cl2N4O2. The van der Waals surface area contributed by atoms with Crippen LogP contribution in [0.15, 0.2) is 83.6 Å². The Morgan fingerprint density at radius 2 is 1.83 bits per heavy atom. The van der Waals surface area contributed by atoms with Gasteiger partial charge in [0.05, 0.1) is 16.6 Å². The number of carbonyl (C=O) groups is 1.